The lowest BCUT2D eigenvalue weighted by Crippen LogP contribution is -2.45. The Balaban J connectivity index is 2.61. The van der Waals surface area contributed by atoms with Crippen LogP contribution in [0.4, 0.5) is 5.69 Å². The zero-order valence-corrected chi connectivity index (χ0v) is 12.4. The Labute approximate surface area is 119 Å². The molecule has 1 atom stereocenters. The lowest BCUT2D eigenvalue weighted by molar-refractivity contribution is -0.144. The number of carbonyl (C=O) groups is 2. The molecule has 1 rings (SSSR count). The topological polar surface area (TPSA) is 67.4 Å². The van der Waals surface area contributed by atoms with Crippen molar-refractivity contribution in [1.29, 1.82) is 0 Å². The first kappa shape index (κ1) is 14.7. The Kier molecular flexibility index (Phi) is 5.90. The smallest absolute Gasteiger partial charge is 0.330 e. The number of hydrogen-bond acceptors (Lipinski definition) is 4. The molecule has 1 aromatic carbocycles. The number of rotatable bonds is 5. The maximum atomic E-state index is 11.5. The Morgan fingerprint density at radius 2 is 2.17 bits per heavy atom. The number of esters is 1. The predicted molar refractivity (Wildman–Crippen MR) is 77.3 cm³/mol. The van der Waals surface area contributed by atoms with Crippen molar-refractivity contribution in [3.63, 3.8) is 0 Å². The molecule has 1 amide bonds. The number of anilines is 1. The van der Waals surface area contributed by atoms with Crippen molar-refractivity contribution >= 4 is 40.2 Å². The van der Waals surface area contributed by atoms with Crippen LogP contribution < -0.4 is 10.6 Å². The summed E-state index contributed by atoms with van der Waals surface area (Å²) < 4.78 is 5.72. The number of amides is 1. The molecule has 0 bridgehead atoms. The van der Waals surface area contributed by atoms with E-state index in [4.69, 9.17) is 0 Å². The van der Waals surface area contributed by atoms with Crippen molar-refractivity contribution in [3.8, 4) is 0 Å². The van der Waals surface area contributed by atoms with E-state index in [2.05, 4.69) is 38.0 Å². The lowest BCUT2D eigenvalue weighted by atomic mass is 10.2. The van der Waals surface area contributed by atoms with E-state index in [9.17, 15) is 9.59 Å². The second-order valence-electron chi connectivity index (χ2n) is 3.67. The molecular formula is C12H15IN2O3. The Bertz CT molecular complexity index is 437. The highest BCUT2D eigenvalue weighted by Gasteiger charge is 2.19. The van der Waals surface area contributed by atoms with Gasteiger partial charge in [0.25, 0.3) is 0 Å². The monoisotopic (exact) mass is 362 g/mol. The average molecular weight is 362 g/mol. The highest BCUT2D eigenvalue weighted by atomic mass is 127. The van der Waals surface area contributed by atoms with Crippen LogP contribution in [0.15, 0.2) is 24.3 Å². The summed E-state index contributed by atoms with van der Waals surface area (Å²) in [5.74, 6) is -0.738. The number of halogens is 1. The molecule has 0 aliphatic heterocycles. The minimum atomic E-state index is -0.689. The van der Waals surface area contributed by atoms with Gasteiger partial charge in [-0.05, 0) is 40.8 Å². The van der Waals surface area contributed by atoms with Crippen LogP contribution in [0.1, 0.15) is 6.92 Å². The maximum Gasteiger partial charge on any atom is 0.330 e. The minimum Gasteiger partial charge on any atom is -0.467 e. The van der Waals surface area contributed by atoms with Gasteiger partial charge in [-0.1, -0.05) is 6.07 Å². The molecule has 0 fully saturated rings. The molecule has 0 aliphatic carbocycles. The van der Waals surface area contributed by atoms with Crippen molar-refractivity contribution in [2.24, 2.45) is 0 Å². The van der Waals surface area contributed by atoms with E-state index in [1.54, 1.807) is 0 Å². The first-order valence-electron chi connectivity index (χ1n) is 5.37. The van der Waals surface area contributed by atoms with Crippen LogP contribution >= 0.6 is 22.6 Å². The molecule has 18 heavy (non-hydrogen) atoms. The third-order valence-electron chi connectivity index (χ3n) is 2.20. The van der Waals surface area contributed by atoms with Crippen molar-refractivity contribution in [1.82, 2.24) is 5.32 Å². The Hall–Kier alpha value is -1.31. The molecule has 0 aromatic heterocycles. The normalized spacial score (nSPS) is 11.5. The van der Waals surface area contributed by atoms with E-state index in [1.807, 2.05) is 24.3 Å². The summed E-state index contributed by atoms with van der Waals surface area (Å²) in [6, 6.07) is 7.03. The first-order chi connectivity index (χ1) is 8.52. The van der Waals surface area contributed by atoms with E-state index in [-0.39, 0.29) is 12.5 Å². The molecule has 0 saturated heterocycles. The second-order valence-corrected chi connectivity index (χ2v) is 4.91. The summed E-state index contributed by atoms with van der Waals surface area (Å²) in [7, 11) is 1.29. The van der Waals surface area contributed by atoms with Gasteiger partial charge in [0.05, 0.1) is 7.11 Å². The molecule has 0 aliphatic rings. The fourth-order valence-corrected chi connectivity index (χ4v) is 1.94. The second kappa shape index (κ2) is 7.20. The van der Waals surface area contributed by atoms with Gasteiger partial charge in [-0.3, -0.25) is 4.79 Å². The van der Waals surface area contributed by atoms with Gasteiger partial charge in [0, 0.05) is 22.7 Å². The lowest BCUT2D eigenvalue weighted by Gasteiger charge is -2.16. The molecule has 0 saturated carbocycles. The zero-order chi connectivity index (χ0) is 13.5. The standard InChI is InChI=1S/C12H15IN2O3/c1-8(16)15-11(12(17)18-2)7-14-10-5-3-4-9(13)6-10/h3-6,11,14H,7H2,1-2H3,(H,15,16). The van der Waals surface area contributed by atoms with Crippen LogP contribution in [0.2, 0.25) is 0 Å². The number of methoxy groups -OCH3 is 1. The van der Waals surface area contributed by atoms with Gasteiger partial charge in [-0.25, -0.2) is 4.79 Å². The van der Waals surface area contributed by atoms with Crippen molar-refractivity contribution < 1.29 is 14.3 Å². The summed E-state index contributed by atoms with van der Waals surface area (Å²) in [6.07, 6.45) is 0. The van der Waals surface area contributed by atoms with Gasteiger partial charge in [0.15, 0.2) is 0 Å². The van der Waals surface area contributed by atoms with Crippen molar-refractivity contribution in [2.75, 3.05) is 19.0 Å². The van der Waals surface area contributed by atoms with Crippen LogP contribution in [-0.2, 0) is 14.3 Å². The number of carbonyl (C=O) groups excluding carboxylic acids is 2. The minimum absolute atomic E-state index is 0.269. The number of hydrogen-bond donors (Lipinski definition) is 2. The van der Waals surface area contributed by atoms with Crippen molar-refractivity contribution in [3.05, 3.63) is 27.8 Å². The van der Waals surface area contributed by atoms with Gasteiger partial charge in [0.1, 0.15) is 6.04 Å². The number of ether oxygens (including phenoxy) is 1. The van der Waals surface area contributed by atoms with Gasteiger partial charge < -0.3 is 15.4 Å². The van der Waals surface area contributed by atoms with Gasteiger partial charge >= 0.3 is 5.97 Å². The molecule has 1 unspecified atom stereocenters. The van der Waals surface area contributed by atoms with E-state index in [1.165, 1.54) is 14.0 Å². The summed E-state index contributed by atoms with van der Waals surface area (Å²) in [5, 5.41) is 5.62. The van der Waals surface area contributed by atoms with Gasteiger partial charge in [0.2, 0.25) is 5.91 Å². The zero-order valence-electron chi connectivity index (χ0n) is 10.2. The van der Waals surface area contributed by atoms with Crippen LogP contribution in [0.5, 0.6) is 0 Å². The molecule has 0 heterocycles. The largest absolute Gasteiger partial charge is 0.467 e. The third-order valence-corrected chi connectivity index (χ3v) is 2.87. The summed E-state index contributed by atoms with van der Waals surface area (Å²) in [6.45, 7) is 1.65. The van der Waals surface area contributed by atoms with Gasteiger partial charge in [-0.15, -0.1) is 0 Å². The molecule has 0 spiro atoms. The highest BCUT2D eigenvalue weighted by Crippen LogP contribution is 2.12. The molecule has 0 radical (unpaired) electrons. The molecular weight excluding hydrogens is 347 g/mol. The SMILES string of the molecule is COC(=O)C(CNc1cccc(I)c1)NC(C)=O. The molecule has 1 aromatic rings. The van der Waals surface area contributed by atoms with Gasteiger partial charge in [-0.2, -0.15) is 0 Å². The molecule has 98 valence electrons. The Morgan fingerprint density at radius 1 is 1.44 bits per heavy atom. The maximum absolute atomic E-state index is 11.5. The summed E-state index contributed by atoms with van der Waals surface area (Å²) in [4.78, 5) is 22.4. The van der Waals surface area contributed by atoms with Crippen LogP contribution in [0.3, 0.4) is 0 Å². The van der Waals surface area contributed by atoms with E-state index >= 15 is 0 Å². The number of nitrogens with one attached hydrogen (secondary N) is 2. The third kappa shape index (κ3) is 4.91. The first-order valence-corrected chi connectivity index (χ1v) is 6.45. The summed E-state index contributed by atoms with van der Waals surface area (Å²) >= 11 is 2.20. The van der Waals surface area contributed by atoms with E-state index < -0.39 is 12.0 Å². The Morgan fingerprint density at radius 3 is 2.72 bits per heavy atom. The molecule has 5 nitrogen and oxygen atoms in total. The highest BCUT2D eigenvalue weighted by molar-refractivity contribution is 14.1. The quantitative estimate of drug-likeness (QED) is 0.614. The van der Waals surface area contributed by atoms with Crippen LogP contribution in [0.25, 0.3) is 0 Å². The fraction of sp³-hybridized carbons (Fsp3) is 0.333. The number of benzene rings is 1. The average Bonchev–Trinajstić information content (AvgIpc) is 2.33. The molecule has 6 heteroatoms. The fourth-order valence-electron chi connectivity index (χ4n) is 1.40. The molecule has 2 N–H and O–H groups in total. The van der Waals surface area contributed by atoms with E-state index in [0.29, 0.717) is 0 Å². The van der Waals surface area contributed by atoms with Crippen molar-refractivity contribution in [2.45, 2.75) is 13.0 Å². The predicted octanol–water partition coefficient (Wildman–Crippen LogP) is 1.38. The van der Waals surface area contributed by atoms with Crippen LogP contribution in [-0.4, -0.2) is 31.6 Å². The van der Waals surface area contributed by atoms with Crippen LogP contribution in [0, 0.1) is 3.57 Å². The van der Waals surface area contributed by atoms with E-state index in [0.717, 1.165) is 9.26 Å². The summed E-state index contributed by atoms with van der Waals surface area (Å²) in [5.41, 5.74) is 0.890.